The number of hydrogen-bond donors (Lipinski definition) is 1. The van der Waals surface area contributed by atoms with Gasteiger partial charge in [0.25, 0.3) is 0 Å². The molecule has 0 aromatic carbocycles. The Hall–Kier alpha value is -1.69. The number of carboxylic acids is 1. The average molecular weight is 264 g/mol. The van der Waals surface area contributed by atoms with E-state index in [1.807, 2.05) is 0 Å². The molecule has 0 aliphatic carbocycles. The highest BCUT2D eigenvalue weighted by atomic mass is 16.4. The molecule has 2 rings (SSSR count). The van der Waals surface area contributed by atoms with E-state index in [2.05, 4.69) is 33.6 Å². The first-order valence-corrected chi connectivity index (χ1v) is 6.62. The molecule has 19 heavy (non-hydrogen) atoms. The molecule has 0 radical (unpaired) electrons. The van der Waals surface area contributed by atoms with Crippen molar-refractivity contribution in [2.45, 2.75) is 26.3 Å². The van der Waals surface area contributed by atoms with Gasteiger partial charge in [0.1, 0.15) is 5.82 Å². The molecule has 0 amide bonds. The zero-order valence-electron chi connectivity index (χ0n) is 11.4. The normalized spacial score (nSPS) is 17.5. The molecule has 0 spiro atoms. The molecule has 0 unspecified atom stereocenters. The highest BCUT2D eigenvalue weighted by Gasteiger charge is 2.18. The predicted octanol–water partition coefficient (Wildman–Crippen LogP) is 1.10. The maximum atomic E-state index is 10.7. The summed E-state index contributed by atoms with van der Waals surface area (Å²) in [6.07, 6.45) is 3.96. The van der Waals surface area contributed by atoms with Gasteiger partial charge in [-0.15, -0.1) is 0 Å². The number of carboxylic acid groups (broad SMARTS) is 1. The first-order valence-electron chi connectivity index (χ1n) is 6.62. The van der Waals surface area contributed by atoms with Gasteiger partial charge in [-0.1, -0.05) is 0 Å². The van der Waals surface area contributed by atoms with Crippen LogP contribution in [0.5, 0.6) is 0 Å². The monoisotopic (exact) mass is 264 g/mol. The maximum absolute atomic E-state index is 10.7. The lowest BCUT2D eigenvalue weighted by molar-refractivity contribution is 0.0690. The van der Waals surface area contributed by atoms with Gasteiger partial charge in [-0.3, -0.25) is 4.90 Å². The summed E-state index contributed by atoms with van der Waals surface area (Å²) in [4.78, 5) is 23.5. The van der Waals surface area contributed by atoms with Crippen molar-refractivity contribution >= 4 is 11.8 Å². The van der Waals surface area contributed by atoms with Crippen LogP contribution in [0.2, 0.25) is 0 Å². The lowest BCUT2D eigenvalue weighted by Gasteiger charge is -2.25. The standard InChI is InChI=1S/C13H20N4O2/c1-10(2)16-4-3-5-17(7-6-16)12-9-14-11(8-15-12)13(18)19/h8-10H,3-7H2,1-2H3,(H,18,19). The third-order valence-electron chi connectivity index (χ3n) is 3.44. The molecule has 1 saturated heterocycles. The minimum atomic E-state index is -1.04. The zero-order chi connectivity index (χ0) is 13.8. The largest absolute Gasteiger partial charge is 0.476 e. The highest BCUT2D eigenvalue weighted by Crippen LogP contribution is 2.13. The van der Waals surface area contributed by atoms with Crippen LogP contribution in [0.3, 0.4) is 0 Å². The van der Waals surface area contributed by atoms with Crippen LogP contribution >= 0.6 is 0 Å². The maximum Gasteiger partial charge on any atom is 0.356 e. The second-order valence-electron chi connectivity index (χ2n) is 5.04. The Morgan fingerprint density at radius 3 is 2.58 bits per heavy atom. The number of nitrogens with zero attached hydrogens (tertiary/aromatic N) is 4. The number of aromatic nitrogens is 2. The fourth-order valence-corrected chi connectivity index (χ4v) is 2.28. The SMILES string of the molecule is CC(C)N1CCCN(c2cnc(C(=O)O)cn2)CC1. The van der Waals surface area contributed by atoms with E-state index in [9.17, 15) is 4.79 Å². The van der Waals surface area contributed by atoms with Gasteiger partial charge >= 0.3 is 5.97 Å². The second-order valence-corrected chi connectivity index (χ2v) is 5.04. The second kappa shape index (κ2) is 5.97. The van der Waals surface area contributed by atoms with E-state index in [-0.39, 0.29) is 5.69 Å². The first-order chi connectivity index (χ1) is 9.08. The summed E-state index contributed by atoms with van der Waals surface area (Å²) in [5, 5.41) is 8.80. The van der Waals surface area contributed by atoms with E-state index in [1.165, 1.54) is 6.20 Å². The van der Waals surface area contributed by atoms with Crippen LogP contribution in [0.1, 0.15) is 30.8 Å². The average Bonchev–Trinajstić information content (AvgIpc) is 2.64. The van der Waals surface area contributed by atoms with Crippen LogP contribution < -0.4 is 4.90 Å². The van der Waals surface area contributed by atoms with Gasteiger partial charge < -0.3 is 10.0 Å². The number of rotatable bonds is 3. The predicted molar refractivity (Wildman–Crippen MR) is 72.5 cm³/mol. The Balaban J connectivity index is 2.03. The fraction of sp³-hybridized carbons (Fsp3) is 0.615. The van der Waals surface area contributed by atoms with Crippen molar-refractivity contribution < 1.29 is 9.90 Å². The zero-order valence-corrected chi connectivity index (χ0v) is 11.4. The van der Waals surface area contributed by atoms with Gasteiger partial charge in [0.05, 0.1) is 12.4 Å². The number of carbonyl (C=O) groups is 1. The summed E-state index contributed by atoms with van der Waals surface area (Å²) in [7, 11) is 0. The van der Waals surface area contributed by atoms with Gasteiger partial charge in [-0.2, -0.15) is 0 Å². The molecule has 1 aromatic heterocycles. The molecule has 104 valence electrons. The van der Waals surface area contributed by atoms with Crippen LogP contribution in [0.15, 0.2) is 12.4 Å². The molecular weight excluding hydrogens is 244 g/mol. The van der Waals surface area contributed by atoms with E-state index in [0.29, 0.717) is 6.04 Å². The molecule has 1 aromatic rings. The topological polar surface area (TPSA) is 69.6 Å². The van der Waals surface area contributed by atoms with Gasteiger partial charge in [0.15, 0.2) is 5.69 Å². The molecular formula is C13H20N4O2. The van der Waals surface area contributed by atoms with Gasteiger partial charge in [0.2, 0.25) is 0 Å². The van der Waals surface area contributed by atoms with Crippen molar-refractivity contribution in [2.75, 3.05) is 31.1 Å². The number of anilines is 1. The molecule has 1 fully saturated rings. The Morgan fingerprint density at radius 2 is 2.00 bits per heavy atom. The number of aromatic carboxylic acids is 1. The first kappa shape index (κ1) is 13.7. The molecule has 6 heteroatoms. The molecule has 2 heterocycles. The van der Waals surface area contributed by atoms with E-state index >= 15 is 0 Å². The number of hydrogen-bond acceptors (Lipinski definition) is 5. The minimum Gasteiger partial charge on any atom is -0.476 e. The molecule has 1 aliphatic rings. The van der Waals surface area contributed by atoms with Crippen molar-refractivity contribution in [3.63, 3.8) is 0 Å². The quantitative estimate of drug-likeness (QED) is 0.881. The smallest absolute Gasteiger partial charge is 0.356 e. The third kappa shape index (κ3) is 3.41. The van der Waals surface area contributed by atoms with Crippen LogP contribution in [0.4, 0.5) is 5.82 Å². The molecule has 6 nitrogen and oxygen atoms in total. The third-order valence-corrected chi connectivity index (χ3v) is 3.44. The summed E-state index contributed by atoms with van der Waals surface area (Å²) in [6, 6.07) is 0.556. The van der Waals surface area contributed by atoms with Crippen molar-refractivity contribution in [3.8, 4) is 0 Å². The van der Waals surface area contributed by atoms with Crippen LogP contribution in [-0.4, -0.2) is 58.2 Å². The summed E-state index contributed by atoms with van der Waals surface area (Å²) in [5.41, 5.74) is -0.0117. The van der Waals surface area contributed by atoms with Crippen molar-refractivity contribution in [1.29, 1.82) is 0 Å². The Labute approximate surface area is 113 Å². The fourth-order valence-electron chi connectivity index (χ4n) is 2.28. The van der Waals surface area contributed by atoms with Crippen LogP contribution in [0.25, 0.3) is 0 Å². The van der Waals surface area contributed by atoms with Gasteiger partial charge in [0, 0.05) is 32.2 Å². The van der Waals surface area contributed by atoms with Crippen molar-refractivity contribution in [1.82, 2.24) is 14.9 Å². The summed E-state index contributed by atoms with van der Waals surface area (Å²) in [5.74, 6) is -0.281. The van der Waals surface area contributed by atoms with E-state index < -0.39 is 5.97 Å². The molecule has 0 saturated carbocycles. The van der Waals surface area contributed by atoms with E-state index in [0.717, 1.165) is 38.4 Å². The Bertz CT molecular complexity index is 433. The summed E-state index contributed by atoms with van der Waals surface area (Å²) in [6.45, 7) is 8.34. The van der Waals surface area contributed by atoms with Crippen molar-refractivity contribution in [3.05, 3.63) is 18.1 Å². The lowest BCUT2D eigenvalue weighted by Crippen LogP contribution is -2.35. The Kier molecular flexibility index (Phi) is 4.31. The molecule has 0 atom stereocenters. The van der Waals surface area contributed by atoms with E-state index in [1.54, 1.807) is 6.20 Å². The lowest BCUT2D eigenvalue weighted by atomic mass is 10.3. The van der Waals surface area contributed by atoms with Crippen molar-refractivity contribution in [2.24, 2.45) is 0 Å². The van der Waals surface area contributed by atoms with E-state index in [4.69, 9.17) is 5.11 Å². The molecule has 1 N–H and O–H groups in total. The minimum absolute atomic E-state index is 0.0117. The molecule has 1 aliphatic heterocycles. The summed E-state index contributed by atoms with van der Waals surface area (Å²) >= 11 is 0. The van der Waals surface area contributed by atoms with Gasteiger partial charge in [-0.25, -0.2) is 14.8 Å². The highest BCUT2D eigenvalue weighted by molar-refractivity contribution is 5.84. The van der Waals surface area contributed by atoms with Gasteiger partial charge in [-0.05, 0) is 20.3 Å². The van der Waals surface area contributed by atoms with Crippen LogP contribution in [-0.2, 0) is 0 Å². The summed E-state index contributed by atoms with van der Waals surface area (Å²) < 4.78 is 0. The van der Waals surface area contributed by atoms with Crippen LogP contribution in [0, 0.1) is 0 Å². The Morgan fingerprint density at radius 1 is 1.21 bits per heavy atom. The molecule has 0 bridgehead atoms.